The fraction of sp³-hybridized carbons (Fsp3) is 0.195. The molecule has 0 fully saturated rings. The molecule has 0 unspecified atom stereocenters. The second-order valence-electron chi connectivity index (χ2n) is 13.0. The maximum absolute atomic E-state index is 13.2. The van der Waals surface area contributed by atoms with Gasteiger partial charge in [-0.1, -0.05) is 39.8 Å². The van der Waals surface area contributed by atoms with Crippen molar-refractivity contribution < 1.29 is 56.1 Å². The van der Waals surface area contributed by atoms with Gasteiger partial charge < -0.3 is 25.2 Å². The average molecular weight is 803 g/mol. The van der Waals surface area contributed by atoms with Crippen molar-refractivity contribution in [1.29, 1.82) is 0 Å². The number of benzene rings is 4. The van der Waals surface area contributed by atoms with Crippen LogP contribution in [0, 0.1) is 18.6 Å². The van der Waals surface area contributed by atoms with Gasteiger partial charge in [0.05, 0.1) is 35.3 Å². The van der Waals surface area contributed by atoms with Gasteiger partial charge in [-0.3, -0.25) is 9.98 Å². The number of aromatic nitrogens is 4. The zero-order valence-electron chi connectivity index (χ0n) is 31.3. The summed E-state index contributed by atoms with van der Waals surface area (Å²) in [7, 11) is 1.19. The Morgan fingerprint density at radius 2 is 1.09 bits per heavy atom. The predicted molar refractivity (Wildman–Crippen MR) is 205 cm³/mol. The molecule has 0 bridgehead atoms. The van der Waals surface area contributed by atoms with Crippen LogP contribution in [-0.4, -0.2) is 65.5 Å². The molecule has 15 heteroatoms. The first kappa shape index (κ1) is 42.4. The summed E-state index contributed by atoms with van der Waals surface area (Å²) < 4.78 is 33.4. The Morgan fingerprint density at radius 3 is 1.52 bits per heavy atom. The molecule has 0 saturated heterocycles. The van der Waals surface area contributed by atoms with E-state index in [1.165, 1.54) is 78.8 Å². The van der Waals surface area contributed by atoms with E-state index in [1.54, 1.807) is 25.1 Å². The number of carbonyl (C=O) groups is 1. The molecule has 0 aliphatic heterocycles. The molecule has 0 aliphatic rings. The Bertz CT molecular complexity index is 2370. The van der Waals surface area contributed by atoms with Crippen LogP contribution in [0.25, 0.3) is 11.4 Å². The minimum atomic E-state index is -0.775. The third-order valence-electron chi connectivity index (χ3n) is 8.50. The van der Waals surface area contributed by atoms with Crippen LogP contribution in [0.15, 0.2) is 94.9 Å². The summed E-state index contributed by atoms with van der Waals surface area (Å²) in [6.45, 7) is 9.87. The molecule has 0 spiro atoms. The van der Waals surface area contributed by atoms with Gasteiger partial charge in [-0.2, -0.15) is 14.9 Å². The van der Waals surface area contributed by atoms with Crippen LogP contribution >= 0.6 is 0 Å². The first-order valence-corrected chi connectivity index (χ1v) is 17.1. The van der Waals surface area contributed by atoms with E-state index in [0.717, 1.165) is 15.8 Å². The Balaban J connectivity index is 0.000000246. The number of halogens is 2. The number of aliphatic imine (C=N–C) groups is 2. The van der Waals surface area contributed by atoms with Gasteiger partial charge in [-0.15, -0.1) is 0 Å². The van der Waals surface area contributed by atoms with E-state index < -0.39 is 11.8 Å². The molecule has 0 aliphatic carbocycles. The fourth-order valence-electron chi connectivity index (χ4n) is 5.26. The van der Waals surface area contributed by atoms with Crippen molar-refractivity contribution in [2.24, 2.45) is 9.98 Å². The molecule has 290 valence electrons. The van der Waals surface area contributed by atoms with Gasteiger partial charge in [0.15, 0.2) is 5.69 Å². The van der Waals surface area contributed by atoms with E-state index in [1.807, 2.05) is 26.0 Å². The van der Waals surface area contributed by atoms with Gasteiger partial charge in [0, 0.05) is 29.8 Å². The zero-order valence-corrected chi connectivity index (χ0v) is 32.6. The van der Waals surface area contributed by atoms with Gasteiger partial charge in [0.25, 0.3) is 0 Å². The Kier molecular flexibility index (Phi) is 13.9. The van der Waals surface area contributed by atoms with Gasteiger partial charge in [-0.25, -0.2) is 18.3 Å². The third kappa shape index (κ3) is 9.67. The Labute approximate surface area is 332 Å². The van der Waals surface area contributed by atoms with Crippen LogP contribution in [-0.2, 0) is 22.1 Å². The molecule has 0 radical (unpaired) electrons. The number of aromatic hydroxyl groups is 4. The molecule has 2 aromatic heterocycles. The number of aryl methyl sites for hydroxylation is 1. The number of phenolic OH excluding ortho intramolecular Hbond substituents is 2. The summed E-state index contributed by atoms with van der Waals surface area (Å²) in [4.78, 5) is 20.7. The van der Waals surface area contributed by atoms with Crippen molar-refractivity contribution in [3.05, 3.63) is 130 Å². The summed E-state index contributed by atoms with van der Waals surface area (Å²) >= 11 is 0. The summed E-state index contributed by atoms with van der Waals surface area (Å²) in [6.07, 6.45) is 2.70. The number of esters is 1. The molecular weight excluding hydrogens is 762 g/mol. The molecule has 6 rings (SSSR count). The molecule has 12 nitrogen and oxygen atoms in total. The van der Waals surface area contributed by atoms with Gasteiger partial charge in [0.2, 0.25) is 11.8 Å². The molecule has 2 heterocycles. The molecular formula is C41H40CrF2N6O6. The molecule has 0 amide bonds. The van der Waals surface area contributed by atoms with Crippen molar-refractivity contribution in [3.8, 4) is 34.6 Å². The molecule has 4 aromatic carbocycles. The topological polar surface area (TPSA) is 168 Å². The summed E-state index contributed by atoms with van der Waals surface area (Å²) in [6, 6.07) is 21.2. The van der Waals surface area contributed by atoms with Gasteiger partial charge in [-0.05, 0) is 103 Å². The van der Waals surface area contributed by atoms with E-state index in [4.69, 9.17) is 4.74 Å². The van der Waals surface area contributed by atoms with Crippen LogP contribution < -0.4 is 0 Å². The van der Waals surface area contributed by atoms with Crippen LogP contribution in [0.4, 0.5) is 20.2 Å². The minimum absolute atomic E-state index is 0. The average Bonchev–Trinajstić information content (AvgIpc) is 3.64. The molecule has 4 N–H and O–H groups in total. The largest absolute Gasteiger partial charge is 0.506 e. The van der Waals surface area contributed by atoms with E-state index in [9.17, 15) is 34.0 Å². The molecule has 56 heavy (non-hydrogen) atoms. The molecule has 0 saturated carbocycles. The van der Waals surface area contributed by atoms with E-state index in [0.29, 0.717) is 34.2 Å². The first-order chi connectivity index (χ1) is 26.2. The summed E-state index contributed by atoms with van der Waals surface area (Å²) in [5.74, 6) is -1.51. The van der Waals surface area contributed by atoms with Crippen molar-refractivity contribution in [2.45, 2.75) is 46.5 Å². The van der Waals surface area contributed by atoms with Crippen LogP contribution in [0.3, 0.4) is 0 Å². The first-order valence-electron chi connectivity index (χ1n) is 17.1. The van der Waals surface area contributed by atoms with Gasteiger partial charge >= 0.3 is 5.97 Å². The number of ether oxygens (including phenoxy) is 1. The third-order valence-corrected chi connectivity index (χ3v) is 8.50. The van der Waals surface area contributed by atoms with Crippen molar-refractivity contribution in [1.82, 2.24) is 19.6 Å². The predicted octanol–water partition coefficient (Wildman–Crippen LogP) is 8.69. The second-order valence-corrected chi connectivity index (χ2v) is 13.0. The number of hydrogen-bond acceptors (Lipinski definition) is 10. The number of rotatable bonds is 9. The number of methoxy groups -OCH3 is 1. The maximum atomic E-state index is 13.2. The standard InChI is InChI=1S/C21H20FN3O4.C20H20FN3O2.Cr/c1-12(2)13-4-9-18(26)17(10-13)23-11-16-19(21(28)29-3)24-25(20(16)27)15-7-5-14(22)6-8-15;1-12(2)14-4-9-19(25)18(10-14)22-11-17-13(3)23-24(20(17)26)16-7-5-15(21)6-8-16;/h4-12,26-27H,1-3H3;4-12,25-26H,1-3H3;. The monoisotopic (exact) mass is 802 g/mol. The molecule has 0 atom stereocenters. The fourth-order valence-corrected chi connectivity index (χ4v) is 5.26. The number of nitrogens with zero attached hydrogens (tertiary/aromatic N) is 6. The number of phenols is 2. The SMILES string of the molecule is COC(=O)c1nn(-c2ccc(F)cc2)c(O)c1C=Nc1cc(C(C)C)ccc1O.Cc1nn(-c2ccc(F)cc2)c(O)c1C=Nc1cc(C(C)C)ccc1O.[Cr]. The summed E-state index contributed by atoms with van der Waals surface area (Å²) in [5.41, 5.74) is 4.44. The molecule has 6 aromatic rings. The maximum Gasteiger partial charge on any atom is 0.359 e. The van der Waals surface area contributed by atoms with E-state index >= 15 is 0 Å². The smallest absolute Gasteiger partial charge is 0.359 e. The number of hydrogen-bond donors (Lipinski definition) is 4. The van der Waals surface area contributed by atoms with Crippen molar-refractivity contribution >= 4 is 29.8 Å². The quantitative estimate of drug-likeness (QED) is 0.0832. The van der Waals surface area contributed by atoms with Crippen LogP contribution in [0.5, 0.6) is 23.3 Å². The minimum Gasteiger partial charge on any atom is -0.506 e. The second kappa shape index (κ2) is 18.4. The van der Waals surface area contributed by atoms with Crippen LogP contribution in [0.1, 0.15) is 78.0 Å². The number of carbonyl (C=O) groups excluding carboxylic acids is 1. The van der Waals surface area contributed by atoms with E-state index in [-0.39, 0.29) is 69.3 Å². The van der Waals surface area contributed by atoms with Gasteiger partial charge in [0.1, 0.15) is 34.5 Å². The Hall–Kier alpha value is -6.30. The van der Waals surface area contributed by atoms with Crippen LogP contribution in [0.2, 0.25) is 0 Å². The van der Waals surface area contributed by atoms with Crippen molar-refractivity contribution in [2.75, 3.05) is 7.11 Å². The van der Waals surface area contributed by atoms with E-state index in [2.05, 4.69) is 34.0 Å². The summed E-state index contributed by atoms with van der Waals surface area (Å²) in [5, 5.41) is 49.5. The Morgan fingerprint density at radius 1 is 0.679 bits per heavy atom. The zero-order chi connectivity index (χ0) is 40.0. The normalized spacial score (nSPS) is 11.2. The van der Waals surface area contributed by atoms with Crippen molar-refractivity contribution in [3.63, 3.8) is 0 Å².